The van der Waals surface area contributed by atoms with E-state index in [0.717, 1.165) is 12.2 Å². The SMILES string of the molecule is CCN(C)c1cccc(NC(=O)CCc2c(F)cccc2F)c1. The maximum Gasteiger partial charge on any atom is 0.224 e. The van der Waals surface area contributed by atoms with Crippen molar-refractivity contribution in [2.24, 2.45) is 0 Å². The Morgan fingerprint density at radius 2 is 1.78 bits per heavy atom. The molecule has 2 rings (SSSR count). The van der Waals surface area contributed by atoms with Crippen LogP contribution in [0.25, 0.3) is 0 Å². The Morgan fingerprint density at radius 3 is 2.43 bits per heavy atom. The van der Waals surface area contributed by atoms with Crippen LogP contribution in [0.3, 0.4) is 0 Å². The van der Waals surface area contributed by atoms with Crippen LogP contribution in [0.15, 0.2) is 42.5 Å². The molecule has 0 aliphatic rings. The molecule has 0 heterocycles. The van der Waals surface area contributed by atoms with Gasteiger partial charge in [-0.25, -0.2) is 8.78 Å². The highest BCUT2D eigenvalue weighted by Gasteiger charge is 2.11. The van der Waals surface area contributed by atoms with Crippen molar-refractivity contribution in [2.45, 2.75) is 19.8 Å². The highest BCUT2D eigenvalue weighted by atomic mass is 19.1. The van der Waals surface area contributed by atoms with Crippen LogP contribution in [-0.4, -0.2) is 19.5 Å². The van der Waals surface area contributed by atoms with Gasteiger partial charge in [0, 0.05) is 37.0 Å². The molecule has 3 nitrogen and oxygen atoms in total. The fourth-order valence-electron chi connectivity index (χ4n) is 2.24. The van der Waals surface area contributed by atoms with Crippen molar-refractivity contribution in [3.05, 3.63) is 59.7 Å². The van der Waals surface area contributed by atoms with Crippen molar-refractivity contribution < 1.29 is 13.6 Å². The van der Waals surface area contributed by atoms with E-state index in [2.05, 4.69) is 5.32 Å². The van der Waals surface area contributed by atoms with Gasteiger partial charge in [-0.2, -0.15) is 0 Å². The molecule has 5 heteroatoms. The normalized spacial score (nSPS) is 10.4. The summed E-state index contributed by atoms with van der Waals surface area (Å²) >= 11 is 0. The molecule has 0 fully saturated rings. The topological polar surface area (TPSA) is 32.3 Å². The van der Waals surface area contributed by atoms with Crippen molar-refractivity contribution >= 4 is 17.3 Å². The van der Waals surface area contributed by atoms with Crippen molar-refractivity contribution in [1.29, 1.82) is 0 Å². The molecule has 0 bridgehead atoms. The lowest BCUT2D eigenvalue weighted by Gasteiger charge is -2.17. The lowest BCUT2D eigenvalue weighted by molar-refractivity contribution is -0.116. The van der Waals surface area contributed by atoms with E-state index < -0.39 is 11.6 Å². The lowest BCUT2D eigenvalue weighted by Crippen LogP contribution is -2.17. The van der Waals surface area contributed by atoms with Gasteiger partial charge in [0.1, 0.15) is 11.6 Å². The molecule has 0 radical (unpaired) electrons. The highest BCUT2D eigenvalue weighted by molar-refractivity contribution is 5.91. The van der Waals surface area contributed by atoms with Gasteiger partial charge < -0.3 is 10.2 Å². The van der Waals surface area contributed by atoms with Crippen LogP contribution < -0.4 is 10.2 Å². The second-order valence-corrected chi connectivity index (χ2v) is 5.31. The van der Waals surface area contributed by atoms with E-state index in [1.807, 2.05) is 37.1 Å². The Morgan fingerprint density at radius 1 is 1.13 bits per heavy atom. The number of nitrogens with one attached hydrogen (secondary N) is 1. The van der Waals surface area contributed by atoms with Crippen molar-refractivity contribution in [2.75, 3.05) is 23.8 Å². The van der Waals surface area contributed by atoms with Crippen LogP contribution >= 0.6 is 0 Å². The van der Waals surface area contributed by atoms with Gasteiger partial charge in [-0.1, -0.05) is 12.1 Å². The molecule has 23 heavy (non-hydrogen) atoms. The number of halogens is 2. The minimum atomic E-state index is -0.621. The number of benzene rings is 2. The van der Waals surface area contributed by atoms with Crippen LogP contribution in [0.5, 0.6) is 0 Å². The van der Waals surface area contributed by atoms with E-state index in [0.29, 0.717) is 5.69 Å². The minimum absolute atomic E-state index is 0.0195. The zero-order chi connectivity index (χ0) is 16.8. The van der Waals surface area contributed by atoms with Gasteiger partial charge in [-0.3, -0.25) is 4.79 Å². The summed E-state index contributed by atoms with van der Waals surface area (Å²) < 4.78 is 27.1. The van der Waals surface area contributed by atoms with E-state index in [1.54, 1.807) is 6.07 Å². The average Bonchev–Trinajstić information content (AvgIpc) is 2.54. The van der Waals surface area contributed by atoms with Gasteiger partial charge in [0.15, 0.2) is 0 Å². The Hall–Kier alpha value is -2.43. The number of hydrogen-bond acceptors (Lipinski definition) is 2. The van der Waals surface area contributed by atoms with Gasteiger partial charge >= 0.3 is 0 Å². The summed E-state index contributed by atoms with van der Waals surface area (Å²) in [5.41, 5.74) is 1.61. The minimum Gasteiger partial charge on any atom is -0.375 e. The monoisotopic (exact) mass is 318 g/mol. The number of hydrogen-bond donors (Lipinski definition) is 1. The summed E-state index contributed by atoms with van der Waals surface area (Å²) in [5, 5.41) is 2.76. The second-order valence-electron chi connectivity index (χ2n) is 5.31. The van der Waals surface area contributed by atoms with E-state index >= 15 is 0 Å². The number of anilines is 2. The van der Waals surface area contributed by atoms with E-state index in [1.165, 1.54) is 18.2 Å². The molecular formula is C18H20F2N2O. The highest BCUT2D eigenvalue weighted by Crippen LogP contribution is 2.19. The van der Waals surface area contributed by atoms with Gasteiger partial charge in [0.25, 0.3) is 0 Å². The van der Waals surface area contributed by atoms with Crippen LogP contribution in [0, 0.1) is 11.6 Å². The summed E-state index contributed by atoms with van der Waals surface area (Å²) in [6.07, 6.45) is 0.0462. The molecule has 0 saturated heterocycles. The van der Waals surface area contributed by atoms with Crippen LogP contribution in [0.1, 0.15) is 18.9 Å². The molecule has 0 spiro atoms. The first-order valence-corrected chi connectivity index (χ1v) is 7.55. The number of carbonyl (C=O) groups excluding carboxylic acids is 1. The second kappa shape index (κ2) is 7.72. The predicted molar refractivity (Wildman–Crippen MR) is 88.7 cm³/mol. The van der Waals surface area contributed by atoms with Crippen LogP contribution in [0.4, 0.5) is 20.2 Å². The fourth-order valence-corrected chi connectivity index (χ4v) is 2.24. The maximum atomic E-state index is 13.5. The summed E-state index contributed by atoms with van der Waals surface area (Å²) in [6, 6.07) is 11.2. The molecule has 122 valence electrons. The third-order valence-corrected chi connectivity index (χ3v) is 3.71. The molecule has 0 aliphatic carbocycles. The Labute approximate surface area is 134 Å². The number of nitrogens with zero attached hydrogens (tertiary/aromatic N) is 1. The summed E-state index contributed by atoms with van der Waals surface area (Å²) in [5.74, 6) is -1.52. The van der Waals surface area contributed by atoms with Crippen molar-refractivity contribution in [3.63, 3.8) is 0 Å². The molecule has 0 saturated carbocycles. The zero-order valence-corrected chi connectivity index (χ0v) is 13.3. The average molecular weight is 318 g/mol. The van der Waals surface area contributed by atoms with Crippen LogP contribution in [-0.2, 0) is 11.2 Å². The summed E-state index contributed by atoms with van der Waals surface area (Å²) in [6.45, 7) is 2.89. The van der Waals surface area contributed by atoms with E-state index in [-0.39, 0.29) is 24.3 Å². The first kappa shape index (κ1) is 16.9. The predicted octanol–water partition coefficient (Wildman–Crippen LogP) is 3.99. The number of rotatable bonds is 6. The van der Waals surface area contributed by atoms with Gasteiger partial charge in [-0.15, -0.1) is 0 Å². The number of amides is 1. The molecular weight excluding hydrogens is 298 g/mol. The molecule has 0 aromatic heterocycles. The Bertz CT molecular complexity index is 668. The van der Waals surface area contributed by atoms with E-state index in [4.69, 9.17) is 0 Å². The third kappa shape index (κ3) is 4.52. The first-order valence-electron chi connectivity index (χ1n) is 7.55. The summed E-state index contributed by atoms with van der Waals surface area (Å²) in [7, 11) is 1.96. The molecule has 1 N–H and O–H groups in total. The third-order valence-electron chi connectivity index (χ3n) is 3.71. The van der Waals surface area contributed by atoms with E-state index in [9.17, 15) is 13.6 Å². The number of carbonyl (C=O) groups is 1. The van der Waals surface area contributed by atoms with Gasteiger partial charge in [-0.05, 0) is 43.7 Å². The molecule has 0 aliphatic heterocycles. The molecule has 1 amide bonds. The maximum absolute atomic E-state index is 13.5. The molecule has 2 aromatic rings. The Kier molecular flexibility index (Phi) is 5.68. The van der Waals surface area contributed by atoms with Crippen molar-refractivity contribution in [1.82, 2.24) is 0 Å². The quantitative estimate of drug-likeness (QED) is 0.873. The standard InChI is InChI=1S/C18H20F2N2O/c1-3-22(2)14-7-4-6-13(12-14)21-18(23)11-10-15-16(19)8-5-9-17(15)20/h4-9,12H,3,10-11H2,1-2H3,(H,21,23). The molecule has 0 unspecified atom stereocenters. The largest absolute Gasteiger partial charge is 0.375 e. The van der Waals surface area contributed by atoms with Crippen LogP contribution in [0.2, 0.25) is 0 Å². The summed E-state index contributed by atoms with van der Waals surface area (Å²) in [4.78, 5) is 14.0. The Balaban J connectivity index is 1.97. The molecule has 2 aromatic carbocycles. The molecule has 0 atom stereocenters. The zero-order valence-electron chi connectivity index (χ0n) is 13.3. The first-order chi connectivity index (χ1) is 11.0. The van der Waals surface area contributed by atoms with Gasteiger partial charge in [0.05, 0.1) is 0 Å². The lowest BCUT2D eigenvalue weighted by atomic mass is 10.1. The van der Waals surface area contributed by atoms with Crippen molar-refractivity contribution in [3.8, 4) is 0 Å². The van der Waals surface area contributed by atoms with Gasteiger partial charge in [0.2, 0.25) is 5.91 Å². The smallest absolute Gasteiger partial charge is 0.224 e. The fraction of sp³-hybridized carbons (Fsp3) is 0.278.